The van der Waals surface area contributed by atoms with Crippen molar-refractivity contribution >= 4 is 17.5 Å². The predicted octanol–water partition coefficient (Wildman–Crippen LogP) is 5.00. The number of aliphatic hydroxyl groups is 1. The van der Waals surface area contributed by atoms with Gasteiger partial charge >= 0.3 is 0 Å². The Morgan fingerprint density at radius 2 is 1.50 bits per heavy atom. The SMILES string of the molecule is O=C(c1ccc(OCCCCC(O)CN2CCN(Cc3ccccc3)CC2)cc1)N1CCC(N2C(=O)CCc3ccccc32)CC1. The van der Waals surface area contributed by atoms with Crippen molar-refractivity contribution in [3.05, 3.63) is 95.6 Å². The van der Waals surface area contributed by atoms with Gasteiger partial charge in [0.05, 0.1) is 12.7 Å². The molecule has 3 aromatic rings. The number of hydrogen-bond donors (Lipinski definition) is 1. The number of unbranched alkanes of at least 4 members (excludes halogenated alkanes) is 1. The molecule has 8 heteroatoms. The van der Waals surface area contributed by atoms with E-state index < -0.39 is 0 Å². The molecule has 3 aromatic carbocycles. The predicted molar refractivity (Wildman–Crippen MR) is 181 cm³/mol. The number of amides is 2. The van der Waals surface area contributed by atoms with Gasteiger partial charge in [0, 0.05) is 76.1 Å². The first kappa shape index (κ1) is 32.2. The van der Waals surface area contributed by atoms with Gasteiger partial charge in [-0.15, -0.1) is 0 Å². The molecule has 3 aliphatic heterocycles. The summed E-state index contributed by atoms with van der Waals surface area (Å²) in [4.78, 5) is 34.8. The molecule has 8 nitrogen and oxygen atoms in total. The van der Waals surface area contributed by atoms with E-state index in [4.69, 9.17) is 4.74 Å². The van der Waals surface area contributed by atoms with E-state index in [1.165, 1.54) is 11.1 Å². The maximum Gasteiger partial charge on any atom is 0.253 e. The van der Waals surface area contributed by atoms with Crippen molar-refractivity contribution in [1.82, 2.24) is 14.7 Å². The van der Waals surface area contributed by atoms with Crippen molar-refractivity contribution in [3.8, 4) is 5.75 Å². The van der Waals surface area contributed by atoms with Crippen LogP contribution < -0.4 is 9.64 Å². The van der Waals surface area contributed by atoms with Crippen LogP contribution in [0.5, 0.6) is 5.75 Å². The number of piperidine rings is 1. The number of aryl methyl sites for hydroxylation is 1. The zero-order valence-corrected chi connectivity index (χ0v) is 26.9. The van der Waals surface area contributed by atoms with E-state index in [1.54, 1.807) is 0 Å². The molecule has 0 aliphatic carbocycles. The van der Waals surface area contributed by atoms with Crippen LogP contribution in [-0.4, -0.2) is 96.2 Å². The minimum atomic E-state index is -0.313. The molecule has 1 N–H and O–H groups in total. The number of nitrogens with zero attached hydrogens (tertiary/aromatic N) is 4. The van der Waals surface area contributed by atoms with E-state index in [9.17, 15) is 14.7 Å². The summed E-state index contributed by atoms with van der Waals surface area (Å²) in [7, 11) is 0. The molecule has 6 rings (SSSR count). The molecule has 0 spiro atoms. The molecule has 0 aromatic heterocycles. The Labute approximate surface area is 273 Å². The molecule has 3 heterocycles. The summed E-state index contributed by atoms with van der Waals surface area (Å²) in [6, 6.07) is 26.4. The first-order valence-corrected chi connectivity index (χ1v) is 17.1. The third-order valence-electron chi connectivity index (χ3n) is 9.73. The molecule has 1 unspecified atom stereocenters. The zero-order chi connectivity index (χ0) is 31.7. The fraction of sp³-hybridized carbons (Fsp3) is 0.474. The molecule has 2 fully saturated rings. The van der Waals surface area contributed by atoms with Crippen LogP contribution in [0.2, 0.25) is 0 Å². The van der Waals surface area contributed by atoms with Gasteiger partial charge in [-0.25, -0.2) is 0 Å². The number of fused-ring (bicyclic) bond motifs is 1. The summed E-state index contributed by atoms with van der Waals surface area (Å²) in [5.41, 5.74) is 4.29. The van der Waals surface area contributed by atoms with E-state index in [-0.39, 0.29) is 24.0 Å². The summed E-state index contributed by atoms with van der Waals surface area (Å²) >= 11 is 0. The largest absolute Gasteiger partial charge is 0.494 e. The lowest BCUT2D eigenvalue weighted by atomic mass is 9.95. The van der Waals surface area contributed by atoms with E-state index in [0.717, 1.165) is 89.2 Å². The number of likely N-dealkylation sites (tertiary alicyclic amines) is 1. The Hall–Kier alpha value is -3.72. The van der Waals surface area contributed by atoms with Crippen molar-refractivity contribution in [2.45, 2.75) is 63.6 Å². The molecule has 0 bridgehead atoms. The van der Waals surface area contributed by atoms with Gasteiger partial charge in [0.15, 0.2) is 0 Å². The Bertz CT molecular complexity index is 1420. The van der Waals surface area contributed by atoms with Gasteiger partial charge < -0.3 is 19.6 Å². The normalized spacial score (nSPS) is 18.8. The molecule has 46 heavy (non-hydrogen) atoms. The summed E-state index contributed by atoms with van der Waals surface area (Å²) < 4.78 is 5.94. The van der Waals surface area contributed by atoms with E-state index in [1.807, 2.05) is 52.3 Å². The van der Waals surface area contributed by atoms with Crippen LogP contribution in [0, 0.1) is 0 Å². The molecule has 0 saturated carbocycles. The lowest BCUT2D eigenvalue weighted by Gasteiger charge is -2.41. The number of rotatable bonds is 12. The highest BCUT2D eigenvalue weighted by molar-refractivity contribution is 5.97. The number of ether oxygens (including phenoxy) is 1. The van der Waals surface area contributed by atoms with Gasteiger partial charge in [-0.1, -0.05) is 48.5 Å². The summed E-state index contributed by atoms with van der Waals surface area (Å²) in [6.07, 6.45) is 5.18. The average Bonchev–Trinajstić information content (AvgIpc) is 3.09. The maximum absolute atomic E-state index is 13.2. The van der Waals surface area contributed by atoms with Crippen LogP contribution in [0.4, 0.5) is 5.69 Å². The highest BCUT2D eigenvalue weighted by Crippen LogP contribution is 2.32. The van der Waals surface area contributed by atoms with Crippen molar-refractivity contribution in [2.75, 3.05) is 57.3 Å². The lowest BCUT2D eigenvalue weighted by Crippen LogP contribution is -2.50. The van der Waals surface area contributed by atoms with Gasteiger partial charge in [0.2, 0.25) is 5.91 Å². The average molecular weight is 625 g/mol. The van der Waals surface area contributed by atoms with E-state index in [0.29, 0.717) is 31.7 Å². The van der Waals surface area contributed by atoms with E-state index >= 15 is 0 Å². The molecular formula is C38H48N4O4. The first-order chi connectivity index (χ1) is 22.5. The second-order valence-corrected chi connectivity index (χ2v) is 13.0. The summed E-state index contributed by atoms with van der Waals surface area (Å²) in [6.45, 7) is 7.67. The number of benzene rings is 3. The van der Waals surface area contributed by atoms with Crippen LogP contribution in [-0.2, 0) is 17.8 Å². The monoisotopic (exact) mass is 624 g/mol. The van der Waals surface area contributed by atoms with E-state index in [2.05, 4.69) is 46.2 Å². The number of para-hydroxylation sites is 1. The van der Waals surface area contributed by atoms with Crippen molar-refractivity contribution < 1.29 is 19.4 Å². The number of β-amino-alcohol motifs (C(OH)–C–C–N with tert-alkyl or cyclic N) is 1. The number of aliphatic hydroxyl groups excluding tert-OH is 1. The quantitative estimate of drug-likeness (QED) is 0.286. The number of carbonyl (C=O) groups is 2. The third-order valence-corrected chi connectivity index (χ3v) is 9.73. The van der Waals surface area contributed by atoms with Gasteiger partial charge in [-0.3, -0.25) is 19.4 Å². The summed E-state index contributed by atoms with van der Waals surface area (Å²) in [5.74, 6) is 0.979. The van der Waals surface area contributed by atoms with Crippen LogP contribution in [0.3, 0.4) is 0 Å². The maximum atomic E-state index is 13.2. The lowest BCUT2D eigenvalue weighted by molar-refractivity contribution is -0.119. The molecular weight excluding hydrogens is 576 g/mol. The van der Waals surface area contributed by atoms with Crippen molar-refractivity contribution in [2.24, 2.45) is 0 Å². The first-order valence-electron chi connectivity index (χ1n) is 17.1. The third kappa shape index (κ3) is 8.35. The number of anilines is 1. The topological polar surface area (TPSA) is 76.6 Å². The number of carbonyl (C=O) groups excluding carboxylic acids is 2. The number of piperazine rings is 1. The molecule has 3 aliphatic rings. The second kappa shape index (κ2) is 15.7. The standard InChI is InChI=1S/C38H48N4O4/c43-34(29-40-25-23-39(24-26-40)28-30-8-2-1-3-9-30)11-6-7-27-46-35-16-13-32(14-17-35)38(45)41-21-19-33(20-22-41)42-36-12-5-4-10-31(36)15-18-37(42)44/h1-5,8-10,12-14,16-17,33-34,43H,6-7,11,15,18-29H2. The van der Waals surface area contributed by atoms with Crippen molar-refractivity contribution in [3.63, 3.8) is 0 Å². The Morgan fingerprint density at radius 1 is 0.804 bits per heavy atom. The van der Waals surface area contributed by atoms with Gasteiger partial charge in [0.1, 0.15) is 5.75 Å². The smallest absolute Gasteiger partial charge is 0.253 e. The molecule has 2 saturated heterocycles. The van der Waals surface area contributed by atoms with Gasteiger partial charge in [-0.2, -0.15) is 0 Å². The Balaban J connectivity index is 0.857. The van der Waals surface area contributed by atoms with Crippen molar-refractivity contribution in [1.29, 1.82) is 0 Å². The number of hydrogen-bond acceptors (Lipinski definition) is 6. The van der Waals surface area contributed by atoms with Crippen LogP contribution in [0.25, 0.3) is 0 Å². The Morgan fingerprint density at radius 3 is 2.26 bits per heavy atom. The fourth-order valence-corrected chi connectivity index (χ4v) is 7.09. The minimum Gasteiger partial charge on any atom is -0.494 e. The molecule has 1 atom stereocenters. The molecule has 2 amide bonds. The highest BCUT2D eigenvalue weighted by Gasteiger charge is 2.33. The van der Waals surface area contributed by atoms with Gasteiger partial charge in [-0.05, 0) is 80.0 Å². The summed E-state index contributed by atoms with van der Waals surface area (Å²) in [5, 5.41) is 10.6. The second-order valence-electron chi connectivity index (χ2n) is 13.0. The minimum absolute atomic E-state index is 0.0296. The molecule has 244 valence electrons. The zero-order valence-electron chi connectivity index (χ0n) is 26.9. The fourth-order valence-electron chi connectivity index (χ4n) is 7.09. The van der Waals surface area contributed by atoms with Gasteiger partial charge in [0.25, 0.3) is 5.91 Å². The highest BCUT2D eigenvalue weighted by atomic mass is 16.5. The Kier molecular flexibility index (Phi) is 11.0. The van der Waals surface area contributed by atoms with Crippen LogP contribution in [0.1, 0.15) is 60.0 Å². The van der Waals surface area contributed by atoms with Crippen LogP contribution in [0.15, 0.2) is 78.9 Å². The van der Waals surface area contributed by atoms with Crippen LogP contribution >= 0.6 is 0 Å². The molecule has 0 radical (unpaired) electrons.